The maximum Gasteiger partial charge on any atom is 0.160 e. The van der Waals surface area contributed by atoms with Crippen LogP contribution in [0.5, 0.6) is 0 Å². The monoisotopic (exact) mass is 285 g/mol. The average molecular weight is 286 g/mol. The molecule has 0 aromatic carbocycles. The zero-order valence-corrected chi connectivity index (χ0v) is 12.1. The topological polar surface area (TPSA) is 47.8 Å². The van der Waals surface area contributed by atoms with Crippen molar-refractivity contribution >= 4 is 33.6 Å². The second-order valence-corrected chi connectivity index (χ2v) is 6.12. The Kier molecular flexibility index (Phi) is 4.35. The molecule has 2 rings (SSSR count). The largest absolute Gasteiger partial charge is 0.312 e. The molecule has 0 fully saturated rings. The van der Waals surface area contributed by atoms with Crippen LogP contribution in [0.15, 0.2) is 12.3 Å². The summed E-state index contributed by atoms with van der Waals surface area (Å²) in [6, 6.07) is 2.01. The van der Waals surface area contributed by atoms with Gasteiger partial charge < -0.3 is 4.57 Å². The van der Waals surface area contributed by atoms with Crippen LogP contribution >= 0.6 is 11.6 Å². The van der Waals surface area contributed by atoms with Gasteiger partial charge >= 0.3 is 0 Å². The first-order valence-corrected chi connectivity index (χ1v) is 8.05. The number of imidazole rings is 1. The van der Waals surface area contributed by atoms with E-state index in [0.29, 0.717) is 11.6 Å². The van der Waals surface area contributed by atoms with E-state index in [1.54, 1.807) is 6.26 Å². The van der Waals surface area contributed by atoms with E-state index in [4.69, 9.17) is 11.6 Å². The van der Waals surface area contributed by atoms with Gasteiger partial charge in [0.25, 0.3) is 0 Å². The van der Waals surface area contributed by atoms with Gasteiger partial charge in [-0.1, -0.05) is 0 Å². The summed E-state index contributed by atoms with van der Waals surface area (Å²) < 4.78 is 13.1. The number of hydrogen-bond donors (Lipinski definition) is 0. The van der Waals surface area contributed by atoms with Gasteiger partial charge in [0, 0.05) is 35.5 Å². The predicted molar refractivity (Wildman–Crippen MR) is 75.4 cm³/mol. The van der Waals surface area contributed by atoms with E-state index in [1.807, 2.05) is 23.8 Å². The Morgan fingerprint density at radius 3 is 2.94 bits per heavy atom. The number of pyridine rings is 1. The van der Waals surface area contributed by atoms with Crippen molar-refractivity contribution in [2.24, 2.45) is 0 Å². The molecule has 1 atom stereocenters. The van der Waals surface area contributed by atoms with Gasteiger partial charge in [-0.2, -0.15) is 0 Å². The average Bonchev–Trinajstić information content (AvgIpc) is 2.66. The van der Waals surface area contributed by atoms with Crippen molar-refractivity contribution < 1.29 is 4.21 Å². The lowest BCUT2D eigenvalue weighted by molar-refractivity contribution is 0.654. The number of nitrogens with zero attached hydrogens (tertiary/aromatic N) is 3. The van der Waals surface area contributed by atoms with Crippen LogP contribution in [0.3, 0.4) is 0 Å². The van der Waals surface area contributed by atoms with Crippen molar-refractivity contribution in [1.82, 2.24) is 14.5 Å². The highest BCUT2D eigenvalue weighted by Gasteiger charge is 2.11. The van der Waals surface area contributed by atoms with Crippen molar-refractivity contribution in [3.8, 4) is 0 Å². The lowest BCUT2D eigenvalue weighted by Gasteiger charge is -2.06. The molecule has 4 nitrogen and oxygen atoms in total. The summed E-state index contributed by atoms with van der Waals surface area (Å²) in [4.78, 5) is 8.90. The molecule has 0 N–H and O–H groups in total. The SMILES string of the molecule is Cc1cnc2c(c1)nc(CCl)n2CCCS(C)=O. The Morgan fingerprint density at radius 1 is 1.50 bits per heavy atom. The molecule has 0 saturated carbocycles. The van der Waals surface area contributed by atoms with E-state index >= 15 is 0 Å². The van der Waals surface area contributed by atoms with Gasteiger partial charge in [-0.25, -0.2) is 9.97 Å². The summed E-state index contributed by atoms with van der Waals surface area (Å²) in [5.74, 6) is 1.88. The first kappa shape index (κ1) is 13.5. The molecule has 0 aliphatic carbocycles. The fraction of sp³-hybridized carbons (Fsp3) is 0.500. The fourth-order valence-electron chi connectivity index (χ4n) is 1.92. The van der Waals surface area contributed by atoms with Gasteiger partial charge in [0.1, 0.15) is 11.3 Å². The Labute approximate surface area is 114 Å². The predicted octanol–water partition coefficient (Wildman–Crippen LogP) is 2.25. The summed E-state index contributed by atoms with van der Waals surface area (Å²) in [6.07, 6.45) is 4.39. The van der Waals surface area contributed by atoms with E-state index in [1.165, 1.54) is 0 Å². The van der Waals surface area contributed by atoms with Crippen molar-refractivity contribution in [3.63, 3.8) is 0 Å². The highest BCUT2D eigenvalue weighted by atomic mass is 35.5. The van der Waals surface area contributed by atoms with Crippen LogP contribution in [-0.4, -0.2) is 30.8 Å². The number of halogens is 1. The van der Waals surface area contributed by atoms with Gasteiger partial charge in [-0.05, 0) is 25.0 Å². The minimum absolute atomic E-state index is 0.366. The molecule has 0 aliphatic rings. The number of rotatable bonds is 5. The Bertz CT molecular complexity index is 582. The number of aromatic nitrogens is 3. The third-order valence-corrected chi connectivity index (χ3v) is 3.84. The van der Waals surface area contributed by atoms with E-state index < -0.39 is 10.8 Å². The molecule has 6 heteroatoms. The molecule has 0 bridgehead atoms. The summed E-state index contributed by atoms with van der Waals surface area (Å²) in [5, 5.41) is 0. The van der Waals surface area contributed by atoms with E-state index in [9.17, 15) is 4.21 Å². The minimum Gasteiger partial charge on any atom is -0.312 e. The molecule has 2 aromatic rings. The zero-order valence-electron chi connectivity index (χ0n) is 10.5. The van der Waals surface area contributed by atoms with Gasteiger partial charge in [0.2, 0.25) is 0 Å². The molecular formula is C12H16ClN3OS. The van der Waals surface area contributed by atoms with Gasteiger partial charge in [-0.3, -0.25) is 4.21 Å². The first-order valence-electron chi connectivity index (χ1n) is 5.79. The van der Waals surface area contributed by atoms with Crippen LogP contribution in [0.1, 0.15) is 17.8 Å². The highest BCUT2D eigenvalue weighted by Crippen LogP contribution is 2.17. The quantitative estimate of drug-likeness (QED) is 0.792. The van der Waals surface area contributed by atoms with Crippen LogP contribution in [0.4, 0.5) is 0 Å². The lowest BCUT2D eigenvalue weighted by atomic mass is 10.3. The maximum absolute atomic E-state index is 11.1. The molecular weight excluding hydrogens is 270 g/mol. The van der Waals surface area contributed by atoms with Gasteiger partial charge in [0.05, 0.1) is 5.88 Å². The number of alkyl halides is 1. The Balaban J connectivity index is 2.31. The molecule has 0 spiro atoms. The molecule has 0 aliphatic heterocycles. The van der Waals surface area contributed by atoms with Crippen LogP contribution in [0.25, 0.3) is 11.2 Å². The van der Waals surface area contributed by atoms with Crippen LogP contribution in [0.2, 0.25) is 0 Å². The maximum atomic E-state index is 11.1. The van der Waals surface area contributed by atoms with E-state index in [-0.39, 0.29) is 0 Å². The van der Waals surface area contributed by atoms with Crippen LogP contribution in [-0.2, 0) is 23.2 Å². The third-order valence-electron chi connectivity index (χ3n) is 2.73. The van der Waals surface area contributed by atoms with E-state index in [2.05, 4.69) is 9.97 Å². The molecule has 0 saturated heterocycles. The zero-order chi connectivity index (χ0) is 13.1. The lowest BCUT2D eigenvalue weighted by Crippen LogP contribution is -2.06. The molecule has 18 heavy (non-hydrogen) atoms. The standard InChI is InChI=1S/C12H16ClN3OS/c1-9-6-10-12(14-8-9)16(11(7-13)15-10)4-3-5-18(2)17/h6,8H,3-5,7H2,1-2H3. The molecule has 2 aromatic heterocycles. The highest BCUT2D eigenvalue weighted by molar-refractivity contribution is 7.84. The van der Waals surface area contributed by atoms with Crippen molar-refractivity contribution in [3.05, 3.63) is 23.7 Å². The molecule has 2 heterocycles. The number of fused-ring (bicyclic) bond motifs is 1. The molecule has 98 valence electrons. The van der Waals surface area contributed by atoms with Crippen molar-refractivity contribution in [1.29, 1.82) is 0 Å². The Morgan fingerprint density at radius 2 is 2.28 bits per heavy atom. The second kappa shape index (κ2) is 5.80. The van der Waals surface area contributed by atoms with E-state index in [0.717, 1.165) is 35.5 Å². The summed E-state index contributed by atoms with van der Waals surface area (Å²) in [7, 11) is -0.760. The van der Waals surface area contributed by atoms with Crippen LogP contribution < -0.4 is 0 Å². The summed E-state index contributed by atoms with van der Waals surface area (Å²) in [5.41, 5.74) is 2.82. The second-order valence-electron chi connectivity index (χ2n) is 4.30. The third kappa shape index (κ3) is 2.90. The Hall–Kier alpha value is -0.940. The van der Waals surface area contributed by atoms with Gasteiger partial charge in [-0.15, -0.1) is 11.6 Å². The number of hydrogen-bond acceptors (Lipinski definition) is 3. The van der Waals surface area contributed by atoms with Crippen molar-refractivity contribution in [2.75, 3.05) is 12.0 Å². The molecule has 0 radical (unpaired) electrons. The number of aryl methyl sites for hydroxylation is 2. The first-order chi connectivity index (χ1) is 8.61. The smallest absolute Gasteiger partial charge is 0.160 e. The molecule has 0 amide bonds. The summed E-state index contributed by atoms with van der Waals surface area (Å²) >= 11 is 5.91. The normalized spacial score (nSPS) is 13.1. The van der Waals surface area contributed by atoms with Crippen LogP contribution in [0, 0.1) is 6.92 Å². The minimum atomic E-state index is -0.760. The fourth-order valence-corrected chi connectivity index (χ4v) is 2.66. The van der Waals surface area contributed by atoms with Gasteiger partial charge in [0.15, 0.2) is 5.65 Å². The van der Waals surface area contributed by atoms with Crippen molar-refractivity contribution in [2.45, 2.75) is 25.8 Å². The molecule has 1 unspecified atom stereocenters. The summed E-state index contributed by atoms with van der Waals surface area (Å²) in [6.45, 7) is 2.75.